The highest BCUT2D eigenvalue weighted by Crippen LogP contribution is 2.17. The largest absolute Gasteiger partial charge is 0.447 e. The van der Waals surface area contributed by atoms with E-state index in [2.05, 4.69) is 0 Å². The second-order valence-corrected chi connectivity index (χ2v) is 3.36. The molecule has 5 nitrogen and oxygen atoms in total. The number of hydrogen-bond acceptors (Lipinski definition) is 4. The number of rotatable bonds is 3. The molecular weight excluding hydrogens is 186 g/mol. The van der Waals surface area contributed by atoms with Gasteiger partial charge in [-0.2, -0.15) is 0 Å². The Morgan fingerprint density at radius 3 is 2.86 bits per heavy atom. The third kappa shape index (κ3) is 2.85. The Hall–Kier alpha value is -0.810. The lowest BCUT2D eigenvalue weighted by molar-refractivity contribution is 0.0451. The van der Waals surface area contributed by atoms with Gasteiger partial charge in [-0.3, -0.25) is 0 Å². The van der Waals surface area contributed by atoms with E-state index in [4.69, 9.17) is 14.9 Å². The molecule has 1 aliphatic rings. The van der Waals surface area contributed by atoms with Gasteiger partial charge >= 0.3 is 6.09 Å². The number of carbonyl (C=O) groups is 1. The molecule has 1 heterocycles. The number of piperidine rings is 1. The lowest BCUT2D eigenvalue weighted by Gasteiger charge is -2.33. The highest BCUT2D eigenvalue weighted by Gasteiger charge is 2.26. The number of ether oxygens (including phenoxy) is 1. The molecule has 1 rings (SSSR count). The molecule has 0 spiro atoms. The SMILES string of the molecule is O=C(OCCO)N1CCCCC1CO. The van der Waals surface area contributed by atoms with Crippen LogP contribution < -0.4 is 0 Å². The Morgan fingerprint density at radius 1 is 1.43 bits per heavy atom. The molecule has 82 valence electrons. The predicted molar refractivity (Wildman–Crippen MR) is 49.9 cm³/mol. The normalized spacial score (nSPS) is 22.1. The highest BCUT2D eigenvalue weighted by molar-refractivity contribution is 5.68. The lowest BCUT2D eigenvalue weighted by Crippen LogP contribution is -2.46. The third-order valence-electron chi connectivity index (χ3n) is 2.39. The quantitative estimate of drug-likeness (QED) is 0.675. The second-order valence-electron chi connectivity index (χ2n) is 3.36. The van der Waals surface area contributed by atoms with E-state index < -0.39 is 6.09 Å². The molecule has 0 aliphatic carbocycles. The van der Waals surface area contributed by atoms with Gasteiger partial charge in [-0.1, -0.05) is 0 Å². The van der Waals surface area contributed by atoms with Gasteiger partial charge in [0.25, 0.3) is 0 Å². The van der Waals surface area contributed by atoms with Crippen molar-refractivity contribution in [2.24, 2.45) is 0 Å². The summed E-state index contributed by atoms with van der Waals surface area (Å²) in [6, 6.07) is -0.116. The van der Waals surface area contributed by atoms with Gasteiger partial charge in [-0.05, 0) is 19.3 Å². The predicted octanol–water partition coefficient (Wildman–Crippen LogP) is -0.0379. The molecule has 1 amide bonds. The average molecular weight is 203 g/mol. The van der Waals surface area contributed by atoms with Gasteiger partial charge in [-0.15, -0.1) is 0 Å². The van der Waals surface area contributed by atoms with Gasteiger partial charge in [0.2, 0.25) is 0 Å². The molecule has 1 unspecified atom stereocenters. The smallest absolute Gasteiger partial charge is 0.410 e. The molecule has 0 radical (unpaired) electrons. The Balaban J connectivity index is 2.41. The van der Waals surface area contributed by atoms with E-state index in [1.54, 1.807) is 4.90 Å². The van der Waals surface area contributed by atoms with E-state index in [1.807, 2.05) is 0 Å². The summed E-state index contributed by atoms with van der Waals surface area (Å²) >= 11 is 0. The minimum Gasteiger partial charge on any atom is -0.447 e. The number of likely N-dealkylation sites (tertiary alicyclic amines) is 1. The standard InChI is InChI=1S/C9H17NO4/c11-5-6-14-9(13)10-4-2-1-3-8(10)7-12/h8,11-12H,1-7H2. The van der Waals surface area contributed by atoms with Gasteiger partial charge in [0.15, 0.2) is 0 Å². The summed E-state index contributed by atoms with van der Waals surface area (Å²) in [5.41, 5.74) is 0. The first-order valence-corrected chi connectivity index (χ1v) is 4.94. The summed E-state index contributed by atoms with van der Waals surface area (Å²) in [7, 11) is 0. The topological polar surface area (TPSA) is 70.0 Å². The van der Waals surface area contributed by atoms with Crippen molar-refractivity contribution in [2.75, 3.05) is 26.4 Å². The summed E-state index contributed by atoms with van der Waals surface area (Å²) in [5, 5.41) is 17.5. The van der Waals surface area contributed by atoms with E-state index in [1.165, 1.54) is 0 Å². The number of carbonyl (C=O) groups excluding carboxylic acids is 1. The fraction of sp³-hybridized carbons (Fsp3) is 0.889. The van der Waals surface area contributed by atoms with E-state index in [0.29, 0.717) is 6.54 Å². The van der Waals surface area contributed by atoms with Crippen LogP contribution in [0.5, 0.6) is 0 Å². The summed E-state index contributed by atoms with van der Waals surface area (Å²) in [6.45, 7) is 0.473. The minimum atomic E-state index is -0.433. The molecule has 1 saturated heterocycles. The van der Waals surface area contributed by atoms with Gasteiger partial charge in [-0.25, -0.2) is 4.79 Å². The summed E-state index contributed by atoms with van der Waals surface area (Å²) in [4.78, 5) is 12.9. The molecule has 0 saturated carbocycles. The average Bonchev–Trinajstić information content (AvgIpc) is 2.25. The van der Waals surface area contributed by atoms with Crippen molar-refractivity contribution < 1.29 is 19.7 Å². The van der Waals surface area contributed by atoms with Crippen molar-refractivity contribution in [1.82, 2.24) is 4.90 Å². The molecule has 0 bridgehead atoms. The Morgan fingerprint density at radius 2 is 2.21 bits per heavy atom. The van der Waals surface area contributed by atoms with E-state index in [-0.39, 0.29) is 25.9 Å². The number of nitrogens with zero attached hydrogens (tertiary/aromatic N) is 1. The number of amides is 1. The Bertz CT molecular complexity index is 186. The van der Waals surface area contributed by atoms with Crippen LogP contribution in [0.1, 0.15) is 19.3 Å². The molecule has 0 aromatic rings. The first kappa shape index (κ1) is 11.3. The maximum absolute atomic E-state index is 11.4. The number of aliphatic hydroxyl groups is 2. The molecule has 1 aliphatic heterocycles. The fourth-order valence-corrected chi connectivity index (χ4v) is 1.65. The Kier molecular flexibility index (Phi) is 4.69. The van der Waals surface area contributed by atoms with E-state index >= 15 is 0 Å². The van der Waals surface area contributed by atoms with Crippen LogP contribution in [0.25, 0.3) is 0 Å². The fourth-order valence-electron chi connectivity index (χ4n) is 1.65. The zero-order valence-electron chi connectivity index (χ0n) is 8.19. The Labute approximate surface area is 83.3 Å². The van der Waals surface area contributed by atoms with Gasteiger partial charge in [0, 0.05) is 6.54 Å². The second kappa shape index (κ2) is 5.82. The monoisotopic (exact) mass is 203 g/mol. The zero-order chi connectivity index (χ0) is 10.4. The lowest BCUT2D eigenvalue weighted by atomic mass is 10.0. The third-order valence-corrected chi connectivity index (χ3v) is 2.39. The first-order valence-electron chi connectivity index (χ1n) is 4.94. The van der Waals surface area contributed by atoms with Crippen LogP contribution in [-0.2, 0) is 4.74 Å². The molecule has 1 fully saturated rings. The van der Waals surface area contributed by atoms with Crippen molar-refractivity contribution in [2.45, 2.75) is 25.3 Å². The van der Waals surface area contributed by atoms with Gasteiger partial charge in [0.05, 0.1) is 19.3 Å². The van der Waals surface area contributed by atoms with Crippen LogP contribution >= 0.6 is 0 Å². The summed E-state index contributed by atoms with van der Waals surface area (Å²) in [6.07, 6.45) is 2.38. The summed E-state index contributed by atoms with van der Waals surface area (Å²) < 4.78 is 4.79. The van der Waals surface area contributed by atoms with Crippen molar-refractivity contribution in [3.05, 3.63) is 0 Å². The highest BCUT2D eigenvalue weighted by atomic mass is 16.6. The van der Waals surface area contributed by atoms with Crippen LogP contribution in [0, 0.1) is 0 Å². The molecule has 0 aromatic heterocycles. The van der Waals surface area contributed by atoms with Crippen LogP contribution in [-0.4, -0.2) is 53.6 Å². The van der Waals surface area contributed by atoms with E-state index in [0.717, 1.165) is 19.3 Å². The van der Waals surface area contributed by atoms with Gasteiger partial charge in [0.1, 0.15) is 6.61 Å². The van der Waals surface area contributed by atoms with Crippen LogP contribution in [0.2, 0.25) is 0 Å². The van der Waals surface area contributed by atoms with Gasteiger partial charge < -0.3 is 19.8 Å². The number of aliphatic hydroxyl groups excluding tert-OH is 2. The van der Waals surface area contributed by atoms with Crippen molar-refractivity contribution in [1.29, 1.82) is 0 Å². The molecule has 1 atom stereocenters. The van der Waals surface area contributed by atoms with Crippen molar-refractivity contribution >= 4 is 6.09 Å². The first-order chi connectivity index (χ1) is 6.79. The molecular formula is C9H17NO4. The summed E-state index contributed by atoms with van der Waals surface area (Å²) in [5.74, 6) is 0. The molecule has 5 heteroatoms. The minimum absolute atomic E-state index is 0.0196. The molecule has 0 aromatic carbocycles. The van der Waals surface area contributed by atoms with Crippen molar-refractivity contribution in [3.63, 3.8) is 0 Å². The molecule has 14 heavy (non-hydrogen) atoms. The van der Waals surface area contributed by atoms with Crippen molar-refractivity contribution in [3.8, 4) is 0 Å². The maximum atomic E-state index is 11.4. The van der Waals surface area contributed by atoms with Crippen LogP contribution in [0.15, 0.2) is 0 Å². The van der Waals surface area contributed by atoms with E-state index in [9.17, 15) is 4.79 Å². The zero-order valence-corrected chi connectivity index (χ0v) is 8.19. The molecule has 2 N–H and O–H groups in total. The van der Waals surface area contributed by atoms with Crippen LogP contribution in [0.4, 0.5) is 4.79 Å². The maximum Gasteiger partial charge on any atom is 0.410 e. The van der Waals surface area contributed by atoms with Crippen LogP contribution in [0.3, 0.4) is 0 Å². The number of hydrogen-bond donors (Lipinski definition) is 2.